The highest BCUT2D eigenvalue weighted by atomic mass is 32.1. The highest BCUT2D eigenvalue weighted by Gasteiger charge is 2.21. The van der Waals surface area contributed by atoms with Crippen LogP contribution in [0.1, 0.15) is 18.9 Å². The van der Waals surface area contributed by atoms with E-state index in [1.165, 1.54) is 12.5 Å². The second-order valence-corrected chi connectivity index (χ2v) is 5.45. The molecule has 0 atom stereocenters. The van der Waals surface area contributed by atoms with Crippen LogP contribution >= 0.6 is 11.3 Å². The Labute approximate surface area is 111 Å². The van der Waals surface area contributed by atoms with E-state index in [-0.39, 0.29) is 18.1 Å². The van der Waals surface area contributed by atoms with Crippen molar-refractivity contribution < 1.29 is 9.59 Å². The molecule has 0 saturated carbocycles. The Kier molecular flexibility index (Phi) is 4.49. The molecule has 4 nitrogen and oxygen atoms in total. The normalized spacial score (nSPS) is 16.8. The molecule has 1 aliphatic rings. The first-order valence-electron chi connectivity index (χ1n) is 6.16. The lowest BCUT2D eigenvalue weighted by atomic mass is 10.2. The first kappa shape index (κ1) is 13.2. The summed E-state index contributed by atoms with van der Waals surface area (Å²) < 4.78 is 0. The summed E-state index contributed by atoms with van der Waals surface area (Å²) in [4.78, 5) is 26.8. The third kappa shape index (κ3) is 3.65. The maximum absolute atomic E-state index is 11.7. The van der Waals surface area contributed by atoms with Crippen LogP contribution in [0.5, 0.6) is 0 Å². The predicted octanol–water partition coefficient (Wildman–Crippen LogP) is 1.37. The molecule has 18 heavy (non-hydrogen) atoms. The second kappa shape index (κ2) is 6.11. The second-order valence-electron chi connectivity index (χ2n) is 4.67. The van der Waals surface area contributed by atoms with E-state index in [1.807, 2.05) is 0 Å². The first-order chi connectivity index (χ1) is 8.65. The van der Waals surface area contributed by atoms with E-state index >= 15 is 0 Å². The van der Waals surface area contributed by atoms with Gasteiger partial charge in [-0.15, -0.1) is 0 Å². The molecule has 98 valence electrons. The van der Waals surface area contributed by atoms with Crippen molar-refractivity contribution in [3.05, 3.63) is 22.4 Å². The average molecular weight is 266 g/mol. The Morgan fingerprint density at radius 3 is 2.56 bits per heavy atom. The SMILES string of the molecule is CC(=O)CC(=O)N1CCN(Cc2ccsc2)CC1. The number of piperazine rings is 1. The Bertz CT molecular complexity index is 409. The first-order valence-corrected chi connectivity index (χ1v) is 7.10. The zero-order valence-electron chi connectivity index (χ0n) is 10.6. The molecule has 1 saturated heterocycles. The zero-order chi connectivity index (χ0) is 13.0. The van der Waals surface area contributed by atoms with Crippen LogP contribution in [0.3, 0.4) is 0 Å². The maximum atomic E-state index is 11.7. The van der Waals surface area contributed by atoms with Gasteiger partial charge in [0.1, 0.15) is 5.78 Å². The number of ketones is 1. The summed E-state index contributed by atoms with van der Waals surface area (Å²) >= 11 is 1.71. The topological polar surface area (TPSA) is 40.6 Å². The minimum Gasteiger partial charge on any atom is -0.340 e. The van der Waals surface area contributed by atoms with Gasteiger partial charge in [-0.2, -0.15) is 11.3 Å². The van der Waals surface area contributed by atoms with E-state index < -0.39 is 0 Å². The molecule has 1 aromatic heterocycles. The monoisotopic (exact) mass is 266 g/mol. The number of thiophene rings is 1. The third-order valence-electron chi connectivity index (χ3n) is 3.11. The van der Waals surface area contributed by atoms with Crippen molar-refractivity contribution in [1.29, 1.82) is 0 Å². The fourth-order valence-corrected chi connectivity index (χ4v) is 2.78. The molecular formula is C13H18N2O2S. The molecule has 1 fully saturated rings. The van der Waals surface area contributed by atoms with Crippen molar-refractivity contribution >= 4 is 23.0 Å². The quantitative estimate of drug-likeness (QED) is 0.773. The molecule has 0 unspecified atom stereocenters. The minimum absolute atomic E-state index is 0.0299. The van der Waals surface area contributed by atoms with Gasteiger partial charge >= 0.3 is 0 Å². The van der Waals surface area contributed by atoms with Crippen molar-refractivity contribution in [3.8, 4) is 0 Å². The fraction of sp³-hybridized carbons (Fsp3) is 0.538. The molecule has 2 rings (SSSR count). The van der Waals surface area contributed by atoms with Gasteiger partial charge in [-0.1, -0.05) is 0 Å². The highest BCUT2D eigenvalue weighted by molar-refractivity contribution is 7.07. The molecule has 1 aliphatic heterocycles. The van der Waals surface area contributed by atoms with Gasteiger partial charge in [0, 0.05) is 32.7 Å². The number of carbonyl (C=O) groups excluding carboxylic acids is 2. The van der Waals surface area contributed by atoms with Gasteiger partial charge in [0.25, 0.3) is 0 Å². The van der Waals surface area contributed by atoms with Gasteiger partial charge in [-0.3, -0.25) is 14.5 Å². The fourth-order valence-electron chi connectivity index (χ4n) is 2.12. The molecule has 0 radical (unpaired) electrons. The predicted molar refractivity (Wildman–Crippen MR) is 71.5 cm³/mol. The molecule has 5 heteroatoms. The molecule has 0 aromatic carbocycles. The smallest absolute Gasteiger partial charge is 0.230 e. The molecular weight excluding hydrogens is 248 g/mol. The number of carbonyl (C=O) groups is 2. The lowest BCUT2D eigenvalue weighted by Crippen LogP contribution is -2.48. The summed E-state index contributed by atoms with van der Waals surface area (Å²) in [7, 11) is 0. The lowest BCUT2D eigenvalue weighted by Gasteiger charge is -2.34. The van der Waals surface area contributed by atoms with E-state index in [2.05, 4.69) is 21.7 Å². The van der Waals surface area contributed by atoms with Gasteiger partial charge in [-0.05, 0) is 29.3 Å². The van der Waals surface area contributed by atoms with Crippen LogP contribution in [0.4, 0.5) is 0 Å². The van der Waals surface area contributed by atoms with E-state index in [0.717, 1.165) is 32.7 Å². The van der Waals surface area contributed by atoms with Crippen LogP contribution in [0.2, 0.25) is 0 Å². The van der Waals surface area contributed by atoms with Crippen LogP contribution in [-0.2, 0) is 16.1 Å². The summed E-state index contributed by atoms with van der Waals surface area (Å²) in [6.45, 7) is 5.66. The van der Waals surface area contributed by atoms with Crippen LogP contribution in [0, 0.1) is 0 Å². The molecule has 1 amide bonds. The standard InChI is InChI=1S/C13H18N2O2S/c1-11(16)8-13(17)15-5-3-14(4-6-15)9-12-2-7-18-10-12/h2,7,10H,3-6,8-9H2,1H3. The van der Waals surface area contributed by atoms with Crippen LogP contribution in [0.25, 0.3) is 0 Å². The van der Waals surface area contributed by atoms with Gasteiger partial charge in [0.05, 0.1) is 6.42 Å². The summed E-state index contributed by atoms with van der Waals surface area (Å²) in [6.07, 6.45) is 0.0462. The number of Topliss-reactive ketones (excluding diaryl/α,β-unsaturated/α-hetero) is 1. The zero-order valence-corrected chi connectivity index (χ0v) is 11.4. The van der Waals surface area contributed by atoms with Crippen molar-refractivity contribution in [2.75, 3.05) is 26.2 Å². The number of nitrogens with zero attached hydrogens (tertiary/aromatic N) is 2. The number of amides is 1. The van der Waals surface area contributed by atoms with Gasteiger partial charge in [0.15, 0.2) is 0 Å². The third-order valence-corrected chi connectivity index (χ3v) is 3.84. The Morgan fingerprint density at radius 1 is 1.28 bits per heavy atom. The van der Waals surface area contributed by atoms with E-state index in [9.17, 15) is 9.59 Å². The number of rotatable bonds is 4. The van der Waals surface area contributed by atoms with E-state index in [0.29, 0.717) is 0 Å². The Balaban J connectivity index is 1.77. The molecule has 2 heterocycles. The molecule has 0 N–H and O–H groups in total. The molecule has 0 aliphatic carbocycles. The number of hydrogen-bond acceptors (Lipinski definition) is 4. The van der Waals surface area contributed by atoms with E-state index in [4.69, 9.17) is 0 Å². The molecule has 0 spiro atoms. The highest BCUT2D eigenvalue weighted by Crippen LogP contribution is 2.12. The average Bonchev–Trinajstić information content (AvgIpc) is 2.82. The minimum atomic E-state index is -0.0549. The van der Waals surface area contributed by atoms with Crippen LogP contribution in [0.15, 0.2) is 16.8 Å². The van der Waals surface area contributed by atoms with Crippen molar-refractivity contribution in [2.45, 2.75) is 19.9 Å². The summed E-state index contributed by atoms with van der Waals surface area (Å²) in [5, 5.41) is 4.25. The largest absolute Gasteiger partial charge is 0.340 e. The Hall–Kier alpha value is -1.20. The summed E-state index contributed by atoms with van der Waals surface area (Å²) in [5.41, 5.74) is 1.34. The molecule has 0 bridgehead atoms. The summed E-state index contributed by atoms with van der Waals surface area (Å²) in [5.74, 6) is -0.0848. The van der Waals surface area contributed by atoms with Crippen molar-refractivity contribution in [2.24, 2.45) is 0 Å². The van der Waals surface area contributed by atoms with Crippen LogP contribution in [-0.4, -0.2) is 47.7 Å². The van der Waals surface area contributed by atoms with Gasteiger partial charge in [-0.25, -0.2) is 0 Å². The van der Waals surface area contributed by atoms with Crippen molar-refractivity contribution in [3.63, 3.8) is 0 Å². The van der Waals surface area contributed by atoms with Crippen LogP contribution < -0.4 is 0 Å². The van der Waals surface area contributed by atoms with Gasteiger partial charge < -0.3 is 4.90 Å². The molecule has 1 aromatic rings. The lowest BCUT2D eigenvalue weighted by molar-refractivity contribution is -0.136. The van der Waals surface area contributed by atoms with E-state index in [1.54, 1.807) is 16.2 Å². The van der Waals surface area contributed by atoms with Crippen molar-refractivity contribution in [1.82, 2.24) is 9.80 Å². The number of hydrogen-bond donors (Lipinski definition) is 0. The maximum Gasteiger partial charge on any atom is 0.230 e. The Morgan fingerprint density at radius 2 is 2.00 bits per heavy atom. The summed E-state index contributed by atoms with van der Waals surface area (Å²) in [6, 6.07) is 2.14. The van der Waals surface area contributed by atoms with Gasteiger partial charge in [0.2, 0.25) is 5.91 Å².